The van der Waals surface area contributed by atoms with E-state index in [9.17, 15) is 19.8 Å². The van der Waals surface area contributed by atoms with Crippen LogP contribution in [0, 0.1) is 23.7 Å². The molecule has 0 aromatic heterocycles. The molecule has 7 heteroatoms. The number of carboxylic acid groups (broad SMARTS) is 2. The minimum atomic E-state index is -2.90. The highest BCUT2D eigenvalue weighted by Crippen LogP contribution is 2.61. The lowest BCUT2D eigenvalue weighted by molar-refractivity contribution is -0.156. The van der Waals surface area contributed by atoms with E-state index >= 15 is 0 Å². The van der Waals surface area contributed by atoms with E-state index in [0.29, 0.717) is 26.1 Å². The van der Waals surface area contributed by atoms with Crippen molar-refractivity contribution in [1.82, 2.24) is 0 Å². The molecule has 0 saturated heterocycles. The van der Waals surface area contributed by atoms with Crippen LogP contribution in [0.15, 0.2) is 30.3 Å². The fourth-order valence-corrected chi connectivity index (χ4v) is 9.53. The van der Waals surface area contributed by atoms with Gasteiger partial charge in [0.25, 0.3) is 0 Å². The Morgan fingerprint density at radius 1 is 1.00 bits per heavy atom. The quantitative estimate of drug-likeness (QED) is 0.674. The van der Waals surface area contributed by atoms with Crippen LogP contribution in [0.25, 0.3) is 0 Å². The molecule has 2 N–H and O–H groups in total. The van der Waals surface area contributed by atoms with Gasteiger partial charge >= 0.3 is 20.5 Å². The summed E-state index contributed by atoms with van der Waals surface area (Å²) in [7, 11) is -2.90. The molecule has 0 radical (unpaired) electrons. The molecular weight excluding hydrogens is 352 g/mol. The summed E-state index contributed by atoms with van der Waals surface area (Å²) in [5, 5.41) is 20.3. The lowest BCUT2D eigenvalue weighted by Crippen LogP contribution is -2.60. The van der Waals surface area contributed by atoms with Crippen LogP contribution < -0.4 is 5.19 Å². The Kier molecular flexibility index (Phi) is 5.50. The predicted octanol–water partition coefficient (Wildman–Crippen LogP) is 2.22. The van der Waals surface area contributed by atoms with Crippen molar-refractivity contribution in [1.29, 1.82) is 0 Å². The average Bonchev–Trinajstić information content (AvgIpc) is 3.21. The van der Waals surface area contributed by atoms with Crippen LogP contribution in [0.2, 0.25) is 5.54 Å². The first-order valence-electron chi connectivity index (χ1n) is 9.25. The third-order valence-corrected chi connectivity index (χ3v) is 10.2. The van der Waals surface area contributed by atoms with Crippen LogP contribution in [0.3, 0.4) is 0 Å². The Hall–Kier alpha value is -1.70. The van der Waals surface area contributed by atoms with E-state index in [1.165, 1.54) is 0 Å². The second kappa shape index (κ2) is 7.50. The highest BCUT2D eigenvalue weighted by Gasteiger charge is 2.65. The van der Waals surface area contributed by atoms with Gasteiger partial charge in [-0.3, -0.25) is 9.59 Å². The molecule has 5 atom stereocenters. The highest BCUT2D eigenvalue weighted by molar-refractivity contribution is 6.82. The Morgan fingerprint density at radius 3 is 2.08 bits per heavy atom. The molecule has 0 amide bonds. The van der Waals surface area contributed by atoms with E-state index in [1.807, 2.05) is 44.2 Å². The van der Waals surface area contributed by atoms with E-state index in [4.69, 9.17) is 8.85 Å². The Labute approximate surface area is 154 Å². The Morgan fingerprint density at radius 2 is 1.58 bits per heavy atom. The van der Waals surface area contributed by atoms with E-state index in [2.05, 4.69) is 0 Å². The van der Waals surface area contributed by atoms with Crippen molar-refractivity contribution >= 4 is 25.7 Å². The summed E-state index contributed by atoms with van der Waals surface area (Å²) in [6.45, 7) is 4.81. The summed E-state index contributed by atoms with van der Waals surface area (Å²) >= 11 is 0. The van der Waals surface area contributed by atoms with Crippen molar-refractivity contribution in [2.75, 3.05) is 13.2 Å². The van der Waals surface area contributed by atoms with Crippen molar-refractivity contribution in [3.05, 3.63) is 30.3 Å². The van der Waals surface area contributed by atoms with Crippen molar-refractivity contribution in [2.45, 2.75) is 32.2 Å². The topological polar surface area (TPSA) is 93.1 Å². The zero-order valence-corrected chi connectivity index (χ0v) is 16.1. The van der Waals surface area contributed by atoms with Gasteiger partial charge in [-0.2, -0.15) is 0 Å². The van der Waals surface area contributed by atoms with E-state index in [-0.39, 0.29) is 17.4 Å². The molecule has 2 aliphatic carbocycles. The maximum absolute atomic E-state index is 11.9. The number of benzene rings is 1. The van der Waals surface area contributed by atoms with Gasteiger partial charge in [-0.05, 0) is 43.7 Å². The third-order valence-electron chi connectivity index (χ3n) is 5.96. The highest BCUT2D eigenvalue weighted by atomic mass is 28.4. The smallest absolute Gasteiger partial charge is 0.376 e. The maximum Gasteiger partial charge on any atom is 0.376 e. The Bertz CT molecular complexity index is 657. The molecule has 0 heterocycles. The van der Waals surface area contributed by atoms with Crippen LogP contribution in [0.5, 0.6) is 0 Å². The van der Waals surface area contributed by atoms with Crippen LogP contribution in [-0.4, -0.2) is 43.9 Å². The molecule has 0 spiro atoms. The fourth-order valence-electron chi connectivity index (χ4n) is 5.23. The summed E-state index contributed by atoms with van der Waals surface area (Å²) in [4.78, 5) is 23.6. The number of carboxylic acids is 2. The van der Waals surface area contributed by atoms with Gasteiger partial charge in [0.15, 0.2) is 0 Å². The van der Waals surface area contributed by atoms with Gasteiger partial charge in [0.1, 0.15) is 0 Å². The summed E-state index contributed by atoms with van der Waals surface area (Å²) in [5.74, 6) is -4.03. The number of hydrogen-bond acceptors (Lipinski definition) is 4. The zero-order chi connectivity index (χ0) is 18.9. The summed E-state index contributed by atoms with van der Waals surface area (Å²) in [6.07, 6.45) is 1.28. The lowest BCUT2D eigenvalue weighted by atomic mass is 9.79. The minimum Gasteiger partial charge on any atom is -0.481 e. The summed E-state index contributed by atoms with van der Waals surface area (Å²) < 4.78 is 12.6. The van der Waals surface area contributed by atoms with Crippen molar-refractivity contribution in [3.8, 4) is 0 Å². The van der Waals surface area contributed by atoms with Crippen LogP contribution in [0.1, 0.15) is 26.7 Å². The fraction of sp³-hybridized carbons (Fsp3) is 0.579. The molecule has 3 rings (SSSR count). The molecule has 26 heavy (non-hydrogen) atoms. The standard InChI is InChI=1S/C19H26O6Si/c1-3-24-26(25-4-2,13-8-6-5-7-9-13)15-11-12-10-14(15)17(19(22)23)16(12)18(20)21/h5-9,12,14-17H,3-4,10-11H2,1-2H3,(H,20,21)(H,22,23). The normalized spacial score (nSPS) is 30.5. The van der Waals surface area contributed by atoms with E-state index < -0.39 is 32.3 Å². The van der Waals surface area contributed by atoms with Gasteiger partial charge in [-0.25, -0.2) is 0 Å². The SMILES string of the molecule is CCO[Si](OCC)(c1ccccc1)C1CC2CC1C(C(=O)O)C2C(=O)O. The van der Waals surface area contributed by atoms with Crippen molar-refractivity contribution in [3.63, 3.8) is 0 Å². The van der Waals surface area contributed by atoms with E-state index in [1.54, 1.807) is 0 Å². The number of hydrogen-bond donors (Lipinski definition) is 2. The van der Waals surface area contributed by atoms with Crippen molar-refractivity contribution < 1.29 is 28.7 Å². The molecule has 6 nitrogen and oxygen atoms in total. The summed E-state index contributed by atoms with van der Waals surface area (Å²) in [6, 6.07) is 9.80. The number of fused-ring (bicyclic) bond motifs is 2. The molecule has 2 bridgehead atoms. The van der Waals surface area contributed by atoms with Gasteiger partial charge < -0.3 is 19.1 Å². The molecule has 1 aromatic rings. The largest absolute Gasteiger partial charge is 0.481 e. The molecule has 2 fully saturated rings. The molecule has 0 aliphatic heterocycles. The van der Waals surface area contributed by atoms with Gasteiger partial charge in [-0.15, -0.1) is 0 Å². The first-order valence-corrected chi connectivity index (χ1v) is 11.1. The van der Waals surface area contributed by atoms with Gasteiger partial charge in [0, 0.05) is 18.8 Å². The average molecular weight is 378 g/mol. The third kappa shape index (κ3) is 2.98. The predicted molar refractivity (Wildman–Crippen MR) is 97.3 cm³/mol. The maximum atomic E-state index is 11.9. The van der Waals surface area contributed by atoms with Crippen LogP contribution >= 0.6 is 0 Å². The lowest BCUT2D eigenvalue weighted by Gasteiger charge is -2.42. The molecule has 5 unspecified atom stereocenters. The monoisotopic (exact) mass is 378 g/mol. The van der Waals surface area contributed by atoms with Gasteiger partial charge in [0.2, 0.25) is 0 Å². The zero-order valence-electron chi connectivity index (χ0n) is 15.1. The van der Waals surface area contributed by atoms with Crippen LogP contribution in [0.4, 0.5) is 0 Å². The van der Waals surface area contributed by atoms with Crippen molar-refractivity contribution in [2.24, 2.45) is 23.7 Å². The Balaban J connectivity index is 2.04. The number of carbonyl (C=O) groups is 2. The van der Waals surface area contributed by atoms with Crippen LogP contribution in [-0.2, 0) is 18.4 Å². The first-order chi connectivity index (χ1) is 12.5. The molecular formula is C19H26O6Si. The minimum absolute atomic E-state index is 0.0495. The first kappa shape index (κ1) is 19.1. The van der Waals surface area contributed by atoms with Gasteiger partial charge in [0.05, 0.1) is 11.8 Å². The number of rotatable bonds is 8. The second-order valence-electron chi connectivity index (χ2n) is 7.13. The van der Waals surface area contributed by atoms with Gasteiger partial charge in [-0.1, -0.05) is 30.3 Å². The van der Waals surface area contributed by atoms with E-state index in [0.717, 1.165) is 5.19 Å². The molecule has 142 valence electrons. The molecule has 2 saturated carbocycles. The second-order valence-corrected chi connectivity index (χ2v) is 10.4. The summed E-state index contributed by atoms with van der Waals surface area (Å²) in [5.41, 5.74) is -0.0495. The number of aliphatic carboxylic acids is 2. The molecule has 2 aliphatic rings. The molecule has 1 aromatic carbocycles.